The molecular formula is C45H29N3S. The predicted molar refractivity (Wildman–Crippen MR) is 205 cm³/mol. The van der Waals surface area contributed by atoms with E-state index in [1.165, 1.54) is 42.4 Å². The van der Waals surface area contributed by atoms with E-state index in [4.69, 9.17) is 15.0 Å². The number of benzene rings is 7. The molecule has 0 aliphatic rings. The molecule has 230 valence electrons. The van der Waals surface area contributed by atoms with E-state index in [1.807, 2.05) is 72.0 Å². The summed E-state index contributed by atoms with van der Waals surface area (Å²) in [4.78, 5) is 15.1. The zero-order valence-corrected chi connectivity index (χ0v) is 27.3. The van der Waals surface area contributed by atoms with Crippen LogP contribution in [-0.2, 0) is 0 Å². The Morgan fingerprint density at radius 2 is 0.755 bits per heavy atom. The average Bonchev–Trinajstić information content (AvgIpc) is 3.57. The van der Waals surface area contributed by atoms with Crippen LogP contribution in [0.2, 0.25) is 0 Å². The summed E-state index contributed by atoms with van der Waals surface area (Å²) in [5.41, 5.74) is 9.95. The first-order valence-electron chi connectivity index (χ1n) is 16.4. The van der Waals surface area contributed by atoms with Crippen LogP contribution in [0, 0.1) is 0 Å². The highest BCUT2D eigenvalue weighted by Gasteiger charge is 2.18. The maximum atomic E-state index is 5.08. The van der Waals surface area contributed by atoms with Crippen LogP contribution in [0.5, 0.6) is 0 Å². The first-order valence-corrected chi connectivity index (χ1v) is 17.2. The van der Waals surface area contributed by atoms with Gasteiger partial charge in [-0.3, -0.25) is 0 Å². The largest absolute Gasteiger partial charge is 0.208 e. The summed E-state index contributed by atoms with van der Waals surface area (Å²) in [6.07, 6.45) is 0. The summed E-state index contributed by atoms with van der Waals surface area (Å²) in [5.74, 6) is 1.96. The number of fused-ring (bicyclic) bond motifs is 3. The van der Waals surface area contributed by atoms with Gasteiger partial charge in [-0.2, -0.15) is 0 Å². The fraction of sp³-hybridized carbons (Fsp3) is 0. The van der Waals surface area contributed by atoms with Crippen molar-refractivity contribution in [2.24, 2.45) is 0 Å². The van der Waals surface area contributed by atoms with Crippen molar-refractivity contribution in [3.8, 4) is 67.5 Å². The van der Waals surface area contributed by atoms with Crippen molar-refractivity contribution in [1.29, 1.82) is 0 Å². The fourth-order valence-corrected chi connectivity index (χ4v) is 7.70. The Bertz CT molecular complexity index is 2540. The number of thiophene rings is 1. The zero-order valence-electron chi connectivity index (χ0n) is 26.5. The van der Waals surface area contributed by atoms with E-state index in [-0.39, 0.29) is 0 Å². The molecule has 0 bridgehead atoms. The predicted octanol–water partition coefficient (Wildman–Crippen LogP) is 12.2. The molecule has 0 fully saturated rings. The molecule has 0 aliphatic heterocycles. The first-order chi connectivity index (χ1) is 24.3. The van der Waals surface area contributed by atoms with E-state index < -0.39 is 0 Å². The summed E-state index contributed by atoms with van der Waals surface area (Å²) < 4.78 is 2.46. The number of aromatic nitrogens is 3. The van der Waals surface area contributed by atoms with Crippen LogP contribution in [0.1, 0.15) is 0 Å². The van der Waals surface area contributed by atoms with Gasteiger partial charge in [-0.15, -0.1) is 11.3 Å². The monoisotopic (exact) mass is 643 g/mol. The number of hydrogen-bond acceptors (Lipinski definition) is 4. The summed E-state index contributed by atoms with van der Waals surface area (Å²) in [7, 11) is 0. The molecule has 2 aromatic heterocycles. The van der Waals surface area contributed by atoms with Gasteiger partial charge in [0.15, 0.2) is 17.5 Å². The second-order valence-corrected chi connectivity index (χ2v) is 13.1. The van der Waals surface area contributed by atoms with Gasteiger partial charge in [-0.05, 0) is 63.7 Å². The molecule has 0 amide bonds. The maximum Gasteiger partial charge on any atom is 0.164 e. The second kappa shape index (κ2) is 12.4. The Morgan fingerprint density at radius 3 is 1.37 bits per heavy atom. The van der Waals surface area contributed by atoms with Crippen molar-refractivity contribution in [1.82, 2.24) is 15.0 Å². The Labute approximate surface area is 288 Å². The van der Waals surface area contributed by atoms with Gasteiger partial charge in [0.2, 0.25) is 0 Å². The molecule has 0 spiro atoms. The normalized spacial score (nSPS) is 11.3. The third-order valence-corrected chi connectivity index (χ3v) is 10.0. The van der Waals surface area contributed by atoms with Crippen LogP contribution in [0.4, 0.5) is 0 Å². The van der Waals surface area contributed by atoms with Crippen LogP contribution in [-0.4, -0.2) is 15.0 Å². The van der Waals surface area contributed by atoms with Crippen molar-refractivity contribution < 1.29 is 0 Å². The highest BCUT2D eigenvalue weighted by atomic mass is 32.1. The van der Waals surface area contributed by atoms with Crippen molar-refractivity contribution in [3.63, 3.8) is 0 Å². The molecule has 0 aliphatic carbocycles. The lowest BCUT2D eigenvalue weighted by Gasteiger charge is -2.12. The SMILES string of the molecule is c1ccc(-c2cccc(-c3cccc(-c4cc(-c5nc(-c6ccccc6)nc(-c6ccccc6)n5)cc5sc6ccccc6c45)c3)c2)cc1. The van der Waals surface area contributed by atoms with Gasteiger partial charge in [-0.25, -0.2) is 15.0 Å². The quantitative estimate of drug-likeness (QED) is 0.181. The molecule has 2 heterocycles. The molecule has 9 aromatic rings. The lowest BCUT2D eigenvalue weighted by atomic mass is 9.93. The molecule has 0 radical (unpaired) electrons. The number of hydrogen-bond donors (Lipinski definition) is 0. The molecule has 0 atom stereocenters. The fourth-order valence-electron chi connectivity index (χ4n) is 6.52. The van der Waals surface area contributed by atoms with Gasteiger partial charge in [0, 0.05) is 36.9 Å². The van der Waals surface area contributed by atoms with Gasteiger partial charge in [0.1, 0.15) is 0 Å². The van der Waals surface area contributed by atoms with Crippen LogP contribution in [0.3, 0.4) is 0 Å². The minimum absolute atomic E-state index is 0.653. The van der Waals surface area contributed by atoms with Gasteiger partial charge in [-0.1, -0.05) is 146 Å². The van der Waals surface area contributed by atoms with Crippen LogP contribution < -0.4 is 0 Å². The van der Waals surface area contributed by atoms with E-state index in [1.54, 1.807) is 0 Å². The summed E-state index contributed by atoms with van der Waals surface area (Å²) in [5, 5.41) is 2.51. The standard InChI is InChI=1S/C45H29N3S/c1-4-14-30(15-5-1)33-20-12-21-34(26-33)35-22-13-23-36(27-35)39-28-37(29-41-42(39)38-24-10-11-25-40(38)49-41)45-47-43(31-16-6-2-7-17-31)46-44(48-45)32-18-8-3-9-19-32/h1-29H. The van der Waals surface area contributed by atoms with Crippen LogP contribution in [0.15, 0.2) is 176 Å². The number of nitrogens with zero attached hydrogens (tertiary/aromatic N) is 3. The van der Waals surface area contributed by atoms with E-state index in [9.17, 15) is 0 Å². The van der Waals surface area contributed by atoms with Crippen molar-refractivity contribution >= 4 is 31.5 Å². The summed E-state index contributed by atoms with van der Waals surface area (Å²) >= 11 is 1.81. The van der Waals surface area contributed by atoms with E-state index in [0.717, 1.165) is 27.8 Å². The Balaban J connectivity index is 1.24. The lowest BCUT2D eigenvalue weighted by Crippen LogP contribution is -2.00. The summed E-state index contributed by atoms with van der Waals surface area (Å²) in [6.45, 7) is 0. The molecule has 49 heavy (non-hydrogen) atoms. The lowest BCUT2D eigenvalue weighted by molar-refractivity contribution is 1.07. The van der Waals surface area contributed by atoms with Crippen LogP contribution in [0.25, 0.3) is 87.7 Å². The first kappa shape index (κ1) is 29.0. The topological polar surface area (TPSA) is 38.7 Å². The Hall–Kier alpha value is -6.23. The molecule has 0 unspecified atom stereocenters. The van der Waals surface area contributed by atoms with Gasteiger partial charge >= 0.3 is 0 Å². The minimum Gasteiger partial charge on any atom is -0.208 e. The third-order valence-electron chi connectivity index (χ3n) is 8.91. The molecule has 0 N–H and O–H groups in total. The Kier molecular flexibility index (Phi) is 7.34. The molecule has 0 saturated carbocycles. The maximum absolute atomic E-state index is 5.08. The van der Waals surface area contributed by atoms with Crippen LogP contribution >= 0.6 is 11.3 Å². The van der Waals surface area contributed by atoms with Gasteiger partial charge in [0.05, 0.1) is 0 Å². The van der Waals surface area contributed by atoms with Gasteiger partial charge in [0.25, 0.3) is 0 Å². The smallest absolute Gasteiger partial charge is 0.164 e. The van der Waals surface area contributed by atoms with E-state index in [2.05, 4.69) is 115 Å². The second-order valence-electron chi connectivity index (χ2n) is 12.1. The summed E-state index contributed by atoms with van der Waals surface area (Å²) in [6, 6.07) is 61.7. The molecule has 3 nitrogen and oxygen atoms in total. The zero-order chi connectivity index (χ0) is 32.6. The minimum atomic E-state index is 0.653. The Morgan fingerprint density at radius 1 is 0.306 bits per heavy atom. The molecule has 0 saturated heterocycles. The average molecular weight is 644 g/mol. The highest BCUT2D eigenvalue weighted by molar-refractivity contribution is 7.26. The van der Waals surface area contributed by atoms with E-state index >= 15 is 0 Å². The van der Waals surface area contributed by atoms with Gasteiger partial charge < -0.3 is 0 Å². The van der Waals surface area contributed by atoms with Crippen molar-refractivity contribution in [2.45, 2.75) is 0 Å². The highest BCUT2D eigenvalue weighted by Crippen LogP contribution is 2.43. The number of rotatable bonds is 6. The molecule has 9 rings (SSSR count). The molecule has 4 heteroatoms. The van der Waals surface area contributed by atoms with E-state index in [0.29, 0.717) is 17.5 Å². The third kappa shape index (κ3) is 5.58. The van der Waals surface area contributed by atoms with Crippen molar-refractivity contribution in [2.75, 3.05) is 0 Å². The molecular weight excluding hydrogens is 615 g/mol. The van der Waals surface area contributed by atoms with Crippen molar-refractivity contribution in [3.05, 3.63) is 176 Å². The molecule has 7 aromatic carbocycles.